The van der Waals surface area contributed by atoms with Crippen LogP contribution in [0.4, 0.5) is 19.7 Å². The molecule has 3 N–H and O–H groups in total. The van der Waals surface area contributed by atoms with Gasteiger partial charge in [-0.25, -0.2) is 18.2 Å². The van der Waals surface area contributed by atoms with E-state index in [-0.39, 0.29) is 18.7 Å². The molecule has 0 heterocycles. The van der Waals surface area contributed by atoms with Crippen molar-refractivity contribution >= 4 is 28.8 Å². The molecule has 2 aliphatic carbocycles. The molecule has 0 fully saturated rings. The number of benzene rings is 2. The van der Waals surface area contributed by atoms with Crippen LogP contribution < -0.4 is 20.1 Å². The van der Waals surface area contributed by atoms with Gasteiger partial charge in [0, 0.05) is 17.8 Å². The summed E-state index contributed by atoms with van der Waals surface area (Å²) < 4.78 is 39.2. The number of carbonyl (C=O) groups is 2. The van der Waals surface area contributed by atoms with Crippen molar-refractivity contribution in [3.05, 3.63) is 64.5 Å². The number of ether oxygens (including phenoxy) is 2. The van der Waals surface area contributed by atoms with Crippen LogP contribution >= 0.6 is 0 Å². The molecule has 3 amide bonds. The van der Waals surface area contributed by atoms with Gasteiger partial charge in [-0.05, 0) is 106 Å². The summed E-state index contributed by atoms with van der Waals surface area (Å²) in [4.78, 5) is 24.9. The quantitative estimate of drug-likeness (QED) is 0.421. The number of amides is 3. The van der Waals surface area contributed by atoms with E-state index in [2.05, 4.69) is 21.4 Å². The lowest BCUT2D eigenvalue weighted by molar-refractivity contribution is 0.0531. The fourth-order valence-electron chi connectivity index (χ4n) is 4.71. The van der Waals surface area contributed by atoms with Crippen molar-refractivity contribution in [3.63, 3.8) is 0 Å². The van der Waals surface area contributed by atoms with E-state index in [1.54, 1.807) is 45.0 Å². The predicted octanol–water partition coefficient (Wildman–Crippen LogP) is 5.27. The molecule has 0 aromatic heterocycles. The molecule has 2 aliphatic rings. The van der Waals surface area contributed by atoms with Crippen LogP contribution in [-0.2, 0) is 41.4 Å². The first-order valence-electron chi connectivity index (χ1n) is 12.8. The van der Waals surface area contributed by atoms with Gasteiger partial charge in [0.25, 0.3) is 0 Å². The molecule has 0 spiro atoms. The number of hydrogen-bond acceptors (Lipinski definition) is 5. The van der Waals surface area contributed by atoms with Crippen LogP contribution in [0.3, 0.4) is 0 Å². The Bertz CT molecular complexity index is 1220. The zero-order chi connectivity index (χ0) is 27.3. The van der Waals surface area contributed by atoms with E-state index >= 15 is 0 Å². The maximum atomic E-state index is 13.2. The van der Waals surface area contributed by atoms with Crippen LogP contribution in [0, 0.1) is 0 Å². The number of aryl methyl sites for hydroxylation is 2. The van der Waals surface area contributed by atoms with Crippen molar-refractivity contribution < 1.29 is 27.7 Å². The highest BCUT2D eigenvalue weighted by atomic mass is 32.2. The van der Waals surface area contributed by atoms with Crippen molar-refractivity contribution in [2.75, 3.05) is 18.5 Å². The normalized spacial score (nSPS) is 15.3. The predicted molar refractivity (Wildman–Crippen MR) is 144 cm³/mol. The molecule has 8 nitrogen and oxygen atoms in total. The van der Waals surface area contributed by atoms with E-state index in [4.69, 9.17) is 9.47 Å². The number of fused-ring (bicyclic) bond motifs is 2. The summed E-state index contributed by atoms with van der Waals surface area (Å²) in [5, 5.41) is 5.46. The molecule has 0 saturated carbocycles. The van der Waals surface area contributed by atoms with Gasteiger partial charge in [0.2, 0.25) is 0 Å². The molecule has 1 atom stereocenters. The molecule has 204 valence electrons. The molecule has 0 aliphatic heterocycles. The number of rotatable bonds is 8. The van der Waals surface area contributed by atoms with Gasteiger partial charge in [0.15, 0.2) is 11.0 Å². The van der Waals surface area contributed by atoms with E-state index in [9.17, 15) is 18.2 Å². The van der Waals surface area contributed by atoms with E-state index < -0.39 is 28.7 Å². The summed E-state index contributed by atoms with van der Waals surface area (Å²) in [6.45, 7) is 5.04. The summed E-state index contributed by atoms with van der Waals surface area (Å²) in [5.41, 5.74) is 5.48. The highest BCUT2D eigenvalue weighted by molar-refractivity contribution is 7.83. The third kappa shape index (κ3) is 7.12. The Hall–Kier alpha value is -3.40. The van der Waals surface area contributed by atoms with Crippen LogP contribution in [0.15, 0.2) is 47.1 Å². The fourth-order valence-corrected chi connectivity index (χ4v) is 5.43. The highest BCUT2D eigenvalue weighted by Crippen LogP contribution is 2.38. The van der Waals surface area contributed by atoms with E-state index in [0.29, 0.717) is 17.0 Å². The molecule has 10 heteroatoms. The second-order valence-electron chi connectivity index (χ2n) is 10.4. The maximum absolute atomic E-state index is 13.2. The van der Waals surface area contributed by atoms with E-state index in [1.807, 2.05) is 0 Å². The smallest absolute Gasteiger partial charge is 0.407 e. The number of nitrogens with one attached hydrogen (secondary N) is 3. The number of anilines is 1. The van der Waals surface area contributed by atoms with Gasteiger partial charge in [0.1, 0.15) is 18.0 Å². The number of halogens is 1. The second kappa shape index (κ2) is 12.0. The first kappa shape index (κ1) is 27.6. The third-order valence-electron chi connectivity index (χ3n) is 6.37. The summed E-state index contributed by atoms with van der Waals surface area (Å²) in [5.74, 6) is 0.419. The molecule has 38 heavy (non-hydrogen) atoms. The maximum Gasteiger partial charge on any atom is 0.407 e. The Morgan fingerprint density at radius 2 is 1.66 bits per heavy atom. The zero-order valence-corrected chi connectivity index (χ0v) is 22.8. The van der Waals surface area contributed by atoms with Crippen LogP contribution in [0.5, 0.6) is 5.75 Å². The van der Waals surface area contributed by atoms with Crippen LogP contribution in [0.2, 0.25) is 0 Å². The molecule has 2 aromatic rings. The topological polar surface area (TPSA) is 106 Å². The first-order chi connectivity index (χ1) is 18.1. The monoisotopic (exact) mass is 543 g/mol. The lowest BCUT2D eigenvalue weighted by atomic mass is 9.99. The minimum Gasteiger partial charge on any atom is -0.489 e. The molecular formula is C28H34FN3O5S. The number of hydrogen-bond donors (Lipinski definition) is 3. The Labute approximate surface area is 225 Å². The molecule has 0 radical (unpaired) electrons. The second-order valence-corrected chi connectivity index (χ2v) is 11.7. The van der Waals surface area contributed by atoms with Crippen molar-refractivity contribution in [1.82, 2.24) is 10.0 Å². The standard InChI is InChI=1S/C28H34FN3O5S/c1-28(2,3)37-27(34)30-16-18(15-29)17-36-21-10-12-22(13-11-21)38(35)32-26(33)31-25-23-8-4-6-19(23)14-20-7-5-9-24(20)25/h10-15H,4-9,16-17H2,1-3H3,(H,30,34)(H2,31,32,33)/b18-15+. The van der Waals surface area contributed by atoms with Gasteiger partial charge in [-0.3, -0.25) is 4.72 Å². The summed E-state index contributed by atoms with van der Waals surface area (Å²) in [7, 11) is -1.77. The third-order valence-corrected chi connectivity index (χ3v) is 7.44. The Morgan fingerprint density at radius 3 is 2.24 bits per heavy atom. The minimum absolute atomic E-state index is 0.0691. The molecule has 0 saturated heterocycles. The van der Waals surface area contributed by atoms with Gasteiger partial charge in [0.05, 0.1) is 11.2 Å². The van der Waals surface area contributed by atoms with Crippen LogP contribution in [0.25, 0.3) is 0 Å². The van der Waals surface area contributed by atoms with Gasteiger partial charge in [-0.15, -0.1) is 0 Å². The largest absolute Gasteiger partial charge is 0.489 e. The summed E-state index contributed by atoms with van der Waals surface area (Å²) >= 11 is 0. The van der Waals surface area contributed by atoms with E-state index in [0.717, 1.165) is 44.2 Å². The number of carbonyl (C=O) groups excluding carboxylic acids is 2. The SMILES string of the molecule is CC(C)(C)OC(=O)NC/C(=C\F)COc1ccc(S(=O)NC(=O)Nc2c3c(cc4c2CCC4)CCC3)cc1. The van der Waals surface area contributed by atoms with Gasteiger partial charge in [-0.1, -0.05) is 6.07 Å². The van der Waals surface area contributed by atoms with Crippen molar-refractivity contribution in [1.29, 1.82) is 0 Å². The highest BCUT2D eigenvalue weighted by Gasteiger charge is 2.25. The van der Waals surface area contributed by atoms with Crippen molar-refractivity contribution in [2.24, 2.45) is 0 Å². The number of alkyl carbamates (subject to hydrolysis) is 1. The fraction of sp³-hybridized carbons (Fsp3) is 0.429. The minimum atomic E-state index is -1.77. The Morgan fingerprint density at radius 1 is 1.03 bits per heavy atom. The van der Waals surface area contributed by atoms with Gasteiger partial charge >= 0.3 is 12.1 Å². The summed E-state index contributed by atoms with van der Waals surface area (Å²) in [6.07, 6.45) is 5.83. The molecule has 1 unspecified atom stereocenters. The van der Waals surface area contributed by atoms with Gasteiger partial charge in [-0.2, -0.15) is 0 Å². The van der Waals surface area contributed by atoms with Crippen molar-refractivity contribution in [2.45, 2.75) is 69.8 Å². The zero-order valence-electron chi connectivity index (χ0n) is 21.9. The molecular weight excluding hydrogens is 509 g/mol. The lowest BCUT2D eigenvalue weighted by Gasteiger charge is -2.20. The van der Waals surface area contributed by atoms with E-state index in [1.165, 1.54) is 22.3 Å². The average Bonchev–Trinajstić information content (AvgIpc) is 3.53. The molecule has 4 rings (SSSR count). The lowest BCUT2D eigenvalue weighted by Crippen LogP contribution is -2.34. The van der Waals surface area contributed by atoms with Crippen LogP contribution in [0.1, 0.15) is 55.9 Å². The molecule has 2 aromatic carbocycles. The average molecular weight is 544 g/mol. The number of urea groups is 1. The van der Waals surface area contributed by atoms with Crippen molar-refractivity contribution in [3.8, 4) is 5.75 Å². The summed E-state index contributed by atoms with van der Waals surface area (Å²) in [6, 6.07) is 8.10. The first-order valence-corrected chi connectivity index (χ1v) is 13.9. The van der Waals surface area contributed by atoms with Crippen LogP contribution in [-0.4, -0.2) is 35.1 Å². The van der Waals surface area contributed by atoms with Gasteiger partial charge < -0.3 is 20.1 Å². The molecule has 0 bridgehead atoms. The Kier molecular flexibility index (Phi) is 8.71. The Balaban J connectivity index is 1.28.